The van der Waals surface area contributed by atoms with Crippen molar-refractivity contribution in [2.24, 2.45) is 0 Å². The lowest BCUT2D eigenvalue weighted by Crippen LogP contribution is -2.15. The molecule has 0 aliphatic heterocycles. The zero-order valence-electron chi connectivity index (χ0n) is 15.0. The average molecular weight is 447 g/mol. The number of methoxy groups -OCH3 is 2. The Morgan fingerprint density at radius 3 is 2.43 bits per heavy atom. The van der Waals surface area contributed by atoms with Gasteiger partial charge in [-0.15, -0.1) is 0 Å². The van der Waals surface area contributed by atoms with E-state index in [2.05, 4.69) is 26.2 Å². The zero-order valence-corrected chi connectivity index (χ0v) is 16.6. The predicted octanol–water partition coefficient (Wildman–Crippen LogP) is 5.05. The number of halogens is 2. The van der Waals surface area contributed by atoms with Crippen LogP contribution in [0.5, 0.6) is 23.1 Å². The summed E-state index contributed by atoms with van der Waals surface area (Å²) in [6.07, 6.45) is 1.50. The molecule has 0 atom stereocenters. The Balaban J connectivity index is 1.86. The number of carbonyl (C=O) groups is 1. The van der Waals surface area contributed by atoms with E-state index in [4.69, 9.17) is 14.2 Å². The first kappa shape index (κ1) is 19.6. The molecule has 0 unspecified atom stereocenters. The van der Waals surface area contributed by atoms with Crippen LogP contribution < -0.4 is 19.5 Å². The van der Waals surface area contributed by atoms with Gasteiger partial charge < -0.3 is 19.5 Å². The predicted molar refractivity (Wildman–Crippen MR) is 106 cm³/mol. The minimum absolute atomic E-state index is 0.0545. The van der Waals surface area contributed by atoms with Gasteiger partial charge in [-0.1, -0.05) is 15.9 Å². The number of hydrogen-bond acceptors (Lipinski definition) is 5. The van der Waals surface area contributed by atoms with Crippen LogP contribution in [0.1, 0.15) is 10.4 Å². The van der Waals surface area contributed by atoms with Gasteiger partial charge in [0.25, 0.3) is 5.91 Å². The fourth-order valence-corrected chi connectivity index (χ4v) is 2.66. The number of nitrogens with one attached hydrogen (secondary N) is 1. The summed E-state index contributed by atoms with van der Waals surface area (Å²) in [5.41, 5.74) is 0.0979. The molecule has 1 amide bonds. The molecule has 8 heteroatoms. The van der Waals surface area contributed by atoms with Gasteiger partial charge in [0.2, 0.25) is 5.88 Å². The van der Waals surface area contributed by atoms with Gasteiger partial charge in [0, 0.05) is 22.8 Å². The van der Waals surface area contributed by atoms with E-state index in [1.165, 1.54) is 32.5 Å². The molecule has 1 aromatic heterocycles. The van der Waals surface area contributed by atoms with E-state index >= 15 is 0 Å². The fourth-order valence-electron chi connectivity index (χ4n) is 2.40. The largest absolute Gasteiger partial charge is 0.493 e. The molecule has 3 rings (SSSR count). The van der Waals surface area contributed by atoms with Gasteiger partial charge in [-0.05, 0) is 36.4 Å². The third kappa shape index (κ3) is 4.40. The van der Waals surface area contributed by atoms with Gasteiger partial charge in [0.1, 0.15) is 11.3 Å². The van der Waals surface area contributed by atoms with Gasteiger partial charge in [0.05, 0.1) is 19.9 Å². The van der Waals surface area contributed by atoms with E-state index in [1.807, 2.05) is 0 Å². The summed E-state index contributed by atoms with van der Waals surface area (Å²) < 4.78 is 31.1. The van der Waals surface area contributed by atoms with Crippen LogP contribution in [-0.4, -0.2) is 25.1 Å². The number of anilines is 1. The van der Waals surface area contributed by atoms with Crippen LogP contribution in [0.25, 0.3) is 0 Å². The molecular weight excluding hydrogens is 431 g/mol. The van der Waals surface area contributed by atoms with Crippen molar-refractivity contribution in [2.75, 3.05) is 19.5 Å². The third-order valence-corrected chi connectivity index (χ3v) is 4.29. The highest BCUT2D eigenvalue weighted by molar-refractivity contribution is 9.10. The van der Waals surface area contributed by atoms with Gasteiger partial charge >= 0.3 is 0 Å². The number of carbonyl (C=O) groups excluding carboxylic acids is 1. The third-order valence-electron chi connectivity index (χ3n) is 3.77. The van der Waals surface area contributed by atoms with Crippen LogP contribution in [0.2, 0.25) is 0 Å². The van der Waals surface area contributed by atoms with E-state index in [1.54, 1.807) is 30.3 Å². The summed E-state index contributed by atoms with van der Waals surface area (Å²) in [6, 6.07) is 12.7. The molecule has 3 aromatic rings. The normalized spacial score (nSPS) is 10.3. The molecule has 2 aromatic carbocycles. The van der Waals surface area contributed by atoms with Gasteiger partial charge in [-0.25, -0.2) is 9.37 Å². The monoisotopic (exact) mass is 446 g/mol. The van der Waals surface area contributed by atoms with E-state index in [0.717, 1.165) is 10.5 Å². The summed E-state index contributed by atoms with van der Waals surface area (Å²) in [5, 5.41) is 2.51. The molecule has 0 spiro atoms. The van der Waals surface area contributed by atoms with E-state index < -0.39 is 11.7 Å². The summed E-state index contributed by atoms with van der Waals surface area (Å²) >= 11 is 3.34. The van der Waals surface area contributed by atoms with Gasteiger partial charge in [-0.3, -0.25) is 4.79 Å². The zero-order chi connectivity index (χ0) is 20.1. The molecule has 1 heterocycles. The molecule has 0 saturated heterocycles. The molecule has 28 heavy (non-hydrogen) atoms. The van der Waals surface area contributed by atoms with Crippen LogP contribution in [0.4, 0.5) is 10.1 Å². The first-order valence-corrected chi connectivity index (χ1v) is 8.92. The Kier molecular flexibility index (Phi) is 6.10. The maximum absolute atomic E-state index is 14.3. The maximum Gasteiger partial charge on any atom is 0.261 e. The standard InChI is InChI=1S/C20H16BrFN2O4/c1-26-17-10-15(22)16(11-18(17)27-2)24-19(25)14-4-3-9-23-20(14)28-13-7-5-12(21)6-8-13/h3-11H,1-2H3,(H,24,25). The van der Waals surface area contributed by atoms with Crippen molar-refractivity contribution in [1.29, 1.82) is 0 Å². The van der Waals surface area contributed by atoms with Gasteiger partial charge in [0.15, 0.2) is 17.3 Å². The maximum atomic E-state index is 14.3. The molecular formula is C20H16BrFN2O4. The SMILES string of the molecule is COc1cc(F)c(NC(=O)c2cccnc2Oc2ccc(Br)cc2)cc1OC. The first-order valence-electron chi connectivity index (χ1n) is 8.13. The number of pyridine rings is 1. The second-order valence-corrected chi connectivity index (χ2v) is 6.47. The molecule has 0 aliphatic rings. The number of benzene rings is 2. The van der Waals surface area contributed by atoms with E-state index in [9.17, 15) is 9.18 Å². The number of ether oxygens (including phenoxy) is 3. The van der Waals surface area contributed by atoms with Crippen molar-refractivity contribution in [3.63, 3.8) is 0 Å². The molecule has 0 aliphatic carbocycles. The summed E-state index contributed by atoms with van der Waals surface area (Å²) in [7, 11) is 2.82. The molecule has 0 fully saturated rings. The van der Waals surface area contributed by atoms with Crippen LogP contribution >= 0.6 is 15.9 Å². The number of rotatable bonds is 6. The fraction of sp³-hybridized carbons (Fsp3) is 0.100. The number of nitrogens with zero attached hydrogens (tertiary/aromatic N) is 1. The average Bonchev–Trinajstić information content (AvgIpc) is 2.71. The quantitative estimate of drug-likeness (QED) is 0.573. The molecule has 144 valence electrons. The first-order chi connectivity index (χ1) is 13.5. The van der Waals surface area contributed by atoms with Crippen LogP contribution in [0.15, 0.2) is 59.2 Å². The van der Waals surface area contributed by atoms with Gasteiger partial charge in [-0.2, -0.15) is 0 Å². The second kappa shape index (κ2) is 8.71. The lowest BCUT2D eigenvalue weighted by Gasteiger charge is -2.13. The molecule has 1 N–H and O–H groups in total. The highest BCUT2D eigenvalue weighted by Gasteiger charge is 2.18. The Bertz CT molecular complexity index is 996. The minimum atomic E-state index is -0.662. The molecule has 0 saturated carbocycles. The summed E-state index contributed by atoms with van der Waals surface area (Å²) in [5.74, 6) is -0.122. The van der Waals surface area contributed by atoms with Crippen molar-refractivity contribution in [3.05, 3.63) is 70.6 Å². The topological polar surface area (TPSA) is 69.7 Å². The van der Waals surface area contributed by atoms with Crippen molar-refractivity contribution in [1.82, 2.24) is 4.98 Å². The lowest BCUT2D eigenvalue weighted by atomic mass is 10.2. The van der Waals surface area contributed by atoms with Crippen molar-refractivity contribution in [3.8, 4) is 23.1 Å². The Labute approximate surface area is 169 Å². The lowest BCUT2D eigenvalue weighted by molar-refractivity contribution is 0.102. The summed E-state index contributed by atoms with van der Waals surface area (Å²) in [6.45, 7) is 0. The smallest absolute Gasteiger partial charge is 0.261 e. The van der Waals surface area contributed by atoms with Crippen LogP contribution in [0.3, 0.4) is 0 Å². The number of hydrogen-bond donors (Lipinski definition) is 1. The van der Waals surface area contributed by atoms with Crippen LogP contribution in [-0.2, 0) is 0 Å². The Morgan fingerprint density at radius 1 is 1.07 bits per heavy atom. The van der Waals surface area contributed by atoms with E-state index in [0.29, 0.717) is 5.75 Å². The second-order valence-electron chi connectivity index (χ2n) is 5.55. The highest BCUT2D eigenvalue weighted by Crippen LogP contribution is 2.33. The van der Waals surface area contributed by atoms with Crippen molar-refractivity contribution >= 4 is 27.5 Å². The minimum Gasteiger partial charge on any atom is -0.493 e. The Hall–Kier alpha value is -3.13. The van der Waals surface area contributed by atoms with Crippen molar-refractivity contribution in [2.45, 2.75) is 0 Å². The van der Waals surface area contributed by atoms with E-state index in [-0.39, 0.29) is 28.6 Å². The van der Waals surface area contributed by atoms with Crippen molar-refractivity contribution < 1.29 is 23.4 Å². The van der Waals surface area contributed by atoms with Crippen LogP contribution in [0, 0.1) is 5.82 Å². The molecule has 6 nitrogen and oxygen atoms in total. The number of aromatic nitrogens is 1. The molecule has 0 radical (unpaired) electrons. The Morgan fingerprint density at radius 2 is 1.75 bits per heavy atom. The summed E-state index contributed by atoms with van der Waals surface area (Å²) in [4.78, 5) is 16.8. The number of amides is 1. The molecule has 0 bridgehead atoms. The highest BCUT2D eigenvalue weighted by atomic mass is 79.9.